The van der Waals surface area contributed by atoms with Crippen molar-refractivity contribution in [1.82, 2.24) is 14.8 Å². The molecule has 130 valence electrons. The van der Waals surface area contributed by atoms with E-state index in [0.717, 1.165) is 34.6 Å². The highest BCUT2D eigenvalue weighted by Gasteiger charge is 2.17. The molecular weight excluding hydrogens is 318 g/mol. The molecule has 0 aliphatic rings. The van der Waals surface area contributed by atoms with Crippen LogP contribution in [-0.2, 0) is 11.2 Å². The first-order valence-electron chi connectivity index (χ1n) is 8.15. The summed E-state index contributed by atoms with van der Waals surface area (Å²) in [5.41, 5.74) is 3.65. The molecule has 0 spiro atoms. The topological polar surface area (TPSA) is 66.2 Å². The van der Waals surface area contributed by atoms with Gasteiger partial charge < -0.3 is 9.47 Å². The molecule has 0 saturated heterocycles. The molecule has 3 aromatic rings. The second kappa shape index (κ2) is 6.93. The fourth-order valence-corrected chi connectivity index (χ4v) is 2.72. The lowest BCUT2D eigenvalue weighted by atomic mass is 10.1. The number of rotatable bonds is 5. The van der Waals surface area contributed by atoms with E-state index in [1.54, 1.807) is 13.2 Å². The number of methoxy groups -OCH3 is 2. The van der Waals surface area contributed by atoms with Crippen LogP contribution in [-0.4, -0.2) is 35.0 Å². The van der Waals surface area contributed by atoms with E-state index in [9.17, 15) is 4.79 Å². The molecular formula is C19H21N3O3. The second-order valence-electron chi connectivity index (χ2n) is 6.21. The number of pyridine rings is 1. The average molecular weight is 339 g/mol. The van der Waals surface area contributed by atoms with Crippen LogP contribution < -0.4 is 4.74 Å². The van der Waals surface area contributed by atoms with Crippen molar-refractivity contribution in [3.05, 3.63) is 47.8 Å². The van der Waals surface area contributed by atoms with Gasteiger partial charge in [0.15, 0.2) is 0 Å². The lowest BCUT2D eigenvalue weighted by molar-refractivity contribution is 0.0594. The van der Waals surface area contributed by atoms with E-state index in [4.69, 9.17) is 14.6 Å². The van der Waals surface area contributed by atoms with Gasteiger partial charge in [-0.15, -0.1) is 0 Å². The summed E-state index contributed by atoms with van der Waals surface area (Å²) in [6, 6.07) is 11.2. The zero-order chi connectivity index (χ0) is 18.0. The summed E-state index contributed by atoms with van der Waals surface area (Å²) in [5.74, 6) is 0.759. The number of nitrogens with zero attached hydrogens (tertiary/aromatic N) is 3. The number of fused-ring (bicyclic) bond motifs is 1. The Bertz CT molecular complexity index is 898. The summed E-state index contributed by atoms with van der Waals surface area (Å²) >= 11 is 0. The van der Waals surface area contributed by atoms with E-state index in [-0.39, 0.29) is 5.69 Å². The van der Waals surface area contributed by atoms with Crippen LogP contribution in [0.2, 0.25) is 0 Å². The van der Waals surface area contributed by atoms with E-state index < -0.39 is 5.97 Å². The maximum absolute atomic E-state index is 11.8. The van der Waals surface area contributed by atoms with Crippen molar-refractivity contribution in [2.45, 2.75) is 20.3 Å². The van der Waals surface area contributed by atoms with E-state index in [1.165, 1.54) is 7.11 Å². The van der Waals surface area contributed by atoms with Gasteiger partial charge in [-0.1, -0.05) is 13.8 Å². The number of hydrogen-bond acceptors (Lipinski definition) is 5. The maximum Gasteiger partial charge on any atom is 0.356 e. The Labute approximate surface area is 146 Å². The summed E-state index contributed by atoms with van der Waals surface area (Å²) in [5, 5.41) is 4.74. The number of carbonyl (C=O) groups excluding carboxylic acids is 1. The van der Waals surface area contributed by atoms with Crippen molar-refractivity contribution < 1.29 is 14.3 Å². The van der Waals surface area contributed by atoms with Gasteiger partial charge in [0.05, 0.1) is 31.1 Å². The minimum Gasteiger partial charge on any atom is -0.497 e. The quantitative estimate of drug-likeness (QED) is 0.666. The molecule has 25 heavy (non-hydrogen) atoms. The SMILES string of the molecule is COC(=O)c1ccc2c(n1)c(CC(C)C)nn2-c1ccc(OC)cc1. The number of hydrogen-bond donors (Lipinski definition) is 0. The lowest BCUT2D eigenvalue weighted by Crippen LogP contribution is -2.04. The summed E-state index contributed by atoms with van der Waals surface area (Å²) in [7, 11) is 2.99. The number of esters is 1. The molecule has 0 amide bonds. The average Bonchev–Trinajstić information content (AvgIpc) is 2.98. The minimum atomic E-state index is -0.449. The summed E-state index contributed by atoms with van der Waals surface area (Å²) in [4.78, 5) is 16.3. The predicted octanol–water partition coefficient (Wildman–Crippen LogP) is 3.41. The third-order valence-corrected chi connectivity index (χ3v) is 3.91. The van der Waals surface area contributed by atoms with E-state index >= 15 is 0 Å². The number of benzene rings is 1. The largest absolute Gasteiger partial charge is 0.497 e. The molecule has 6 nitrogen and oxygen atoms in total. The first-order valence-corrected chi connectivity index (χ1v) is 8.15. The molecule has 0 aliphatic heterocycles. The highest BCUT2D eigenvalue weighted by atomic mass is 16.5. The first kappa shape index (κ1) is 17.0. The van der Waals surface area contributed by atoms with E-state index in [1.807, 2.05) is 35.0 Å². The van der Waals surface area contributed by atoms with Crippen molar-refractivity contribution in [3.63, 3.8) is 0 Å². The number of ether oxygens (including phenoxy) is 2. The summed E-state index contributed by atoms with van der Waals surface area (Å²) in [6.07, 6.45) is 0.775. The van der Waals surface area contributed by atoms with Gasteiger partial charge in [0.2, 0.25) is 0 Å². The van der Waals surface area contributed by atoms with Crippen LogP contribution in [0.5, 0.6) is 5.75 Å². The zero-order valence-electron chi connectivity index (χ0n) is 14.8. The van der Waals surface area contributed by atoms with Crippen LogP contribution in [0.1, 0.15) is 30.0 Å². The Morgan fingerprint density at radius 1 is 1.12 bits per heavy atom. The minimum absolute atomic E-state index is 0.286. The molecule has 0 saturated carbocycles. The standard InChI is InChI=1S/C19H21N3O3/c1-12(2)11-16-18-17(10-9-15(20-18)19(23)25-4)22(21-16)13-5-7-14(24-3)8-6-13/h5-10,12H,11H2,1-4H3. The van der Waals surface area contributed by atoms with Gasteiger partial charge in [-0.05, 0) is 48.7 Å². The third kappa shape index (κ3) is 3.33. The normalized spacial score (nSPS) is 11.1. The third-order valence-electron chi connectivity index (χ3n) is 3.91. The van der Waals surface area contributed by atoms with Crippen LogP contribution in [0.25, 0.3) is 16.7 Å². The maximum atomic E-state index is 11.8. The van der Waals surface area contributed by atoms with Gasteiger partial charge >= 0.3 is 5.97 Å². The number of carbonyl (C=O) groups is 1. The van der Waals surface area contributed by atoms with Crippen LogP contribution in [0, 0.1) is 5.92 Å². The highest BCUT2D eigenvalue weighted by molar-refractivity contribution is 5.91. The van der Waals surface area contributed by atoms with Gasteiger partial charge in [0, 0.05) is 0 Å². The van der Waals surface area contributed by atoms with E-state index in [2.05, 4.69) is 18.8 Å². The zero-order valence-corrected chi connectivity index (χ0v) is 14.8. The predicted molar refractivity (Wildman–Crippen MR) is 95.3 cm³/mol. The van der Waals surface area contributed by atoms with Crippen LogP contribution in [0.3, 0.4) is 0 Å². The Kier molecular flexibility index (Phi) is 4.70. The smallest absolute Gasteiger partial charge is 0.356 e. The molecule has 0 fully saturated rings. The monoisotopic (exact) mass is 339 g/mol. The first-order chi connectivity index (χ1) is 12.0. The van der Waals surface area contributed by atoms with Gasteiger partial charge in [0.25, 0.3) is 0 Å². The van der Waals surface area contributed by atoms with Gasteiger partial charge in [0.1, 0.15) is 17.0 Å². The molecule has 6 heteroatoms. The molecule has 0 radical (unpaired) electrons. The Morgan fingerprint density at radius 2 is 1.84 bits per heavy atom. The molecule has 2 heterocycles. The molecule has 0 bridgehead atoms. The molecule has 0 N–H and O–H groups in total. The molecule has 3 rings (SSSR count). The van der Waals surface area contributed by atoms with Gasteiger partial charge in [-0.3, -0.25) is 0 Å². The molecule has 0 atom stereocenters. The van der Waals surface area contributed by atoms with Crippen molar-refractivity contribution >= 4 is 17.0 Å². The molecule has 1 aromatic carbocycles. The van der Waals surface area contributed by atoms with Crippen LogP contribution in [0.4, 0.5) is 0 Å². The van der Waals surface area contributed by atoms with Crippen LogP contribution in [0.15, 0.2) is 36.4 Å². The lowest BCUT2D eigenvalue weighted by Gasteiger charge is -2.05. The van der Waals surface area contributed by atoms with Crippen molar-refractivity contribution in [2.24, 2.45) is 5.92 Å². The van der Waals surface area contributed by atoms with E-state index in [0.29, 0.717) is 5.92 Å². The second-order valence-corrected chi connectivity index (χ2v) is 6.21. The fraction of sp³-hybridized carbons (Fsp3) is 0.316. The van der Waals surface area contributed by atoms with Crippen molar-refractivity contribution in [3.8, 4) is 11.4 Å². The van der Waals surface area contributed by atoms with Crippen molar-refractivity contribution in [1.29, 1.82) is 0 Å². The molecule has 2 aromatic heterocycles. The van der Waals surface area contributed by atoms with Crippen molar-refractivity contribution in [2.75, 3.05) is 14.2 Å². The van der Waals surface area contributed by atoms with Gasteiger partial charge in [-0.2, -0.15) is 5.10 Å². The Balaban J connectivity index is 2.16. The summed E-state index contributed by atoms with van der Waals surface area (Å²) < 4.78 is 11.8. The van der Waals surface area contributed by atoms with Crippen LogP contribution >= 0.6 is 0 Å². The highest BCUT2D eigenvalue weighted by Crippen LogP contribution is 2.24. The molecule has 0 unspecified atom stereocenters. The fourth-order valence-electron chi connectivity index (χ4n) is 2.72. The number of aromatic nitrogens is 3. The summed E-state index contributed by atoms with van der Waals surface area (Å²) in [6.45, 7) is 4.25. The Hall–Kier alpha value is -2.89. The molecule has 0 aliphatic carbocycles. The Morgan fingerprint density at radius 3 is 2.44 bits per heavy atom. The van der Waals surface area contributed by atoms with Gasteiger partial charge in [-0.25, -0.2) is 14.5 Å².